The van der Waals surface area contributed by atoms with E-state index in [9.17, 15) is 0 Å². The van der Waals surface area contributed by atoms with E-state index >= 15 is 0 Å². The van der Waals surface area contributed by atoms with Gasteiger partial charge < -0.3 is 20.5 Å². The van der Waals surface area contributed by atoms with Gasteiger partial charge in [-0.05, 0) is 44.1 Å². The molecule has 1 aromatic carbocycles. The molecule has 0 saturated heterocycles. The first-order chi connectivity index (χ1) is 7.85. The fourth-order valence-corrected chi connectivity index (χ4v) is 1.93. The molecule has 1 aliphatic rings. The van der Waals surface area contributed by atoms with E-state index in [1.54, 1.807) is 0 Å². The third-order valence-corrected chi connectivity index (χ3v) is 2.84. The van der Waals surface area contributed by atoms with Crippen molar-refractivity contribution in [3.8, 4) is 11.5 Å². The zero-order chi connectivity index (χ0) is 11.4. The highest BCUT2D eigenvalue weighted by Crippen LogP contribution is 2.34. The summed E-state index contributed by atoms with van der Waals surface area (Å²) in [4.78, 5) is 0. The van der Waals surface area contributed by atoms with E-state index in [2.05, 4.69) is 11.4 Å². The summed E-state index contributed by atoms with van der Waals surface area (Å²) in [5, 5.41) is 3.29. The van der Waals surface area contributed by atoms with Crippen LogP contribution in [0.5, 0.6) is 11.5 Å². The van der Waals surface area contributed by atoms with Crippen LogP contribution in [0, 0.1) is 0 Å². The van der Waals surface area contributed by atoms with Crippen molar-refractivity contribution in [1.82, 2.24) is 5.32 Å². The molecule has 4 nitrogen and oxygen atoms in total. The molecule has 0 aromatic heterocycles. The predicted molar refractivity (Wildman–Crippen MR) is 62.7 cm³/mol. The average Bonchev–Trinajstić information content (AvgIpc) is 2.77. The summed E-state index contributed by atoms with van der Waals surface area (Å²) in [6, 6.07) is 6.41. The summed E-state index contributed by atoms with van der Waals surface area (Å²) in [6.45, 7) is 1.05. The van der Waals surface area contributed by atoms with Crippen LogP contribution in [0.3, 0.4) is 0 Å². The number of nitrogens with two attached hydrogens (primary N) is 1. The number of fused-ring (bicyclic) bond motifs is 1. The maximum atomic E-state index is 5.53. The Labute approximate surface area is 95.7 Å². The zero-order valence-electron chi connectivity index (χ0n) is 9.53. The Balaban J connectivity index is 2.12. The molecule has 0 spiro atoms. The van der Waals surface area contributed by atoms with Crippen molar-refractivity contribution in [2.75, 3.05) is 20.4 Å². The minimum atomic E-state index is 0.325. The van der Waals surface area contributed by atoms with Crippen LogP contribution in [0.4, 0.5) is 0 Å². The van der Waals surface area contributed by atoms with Crippen LogP contribution in [0.15, 0.2) is 18.2 Å². The SMILES string of the molecule is CNC(CCCN)c1ccc2c(c1)OCO2. The van der Waals surface area contributed by atoms with Crippen LogP contribution in [0.25, 0.3) is 0 Å². The lowest BCUT2D eigenvalue weighted by Crippen LogP contribution is -2.17. The quantitative estimate of drug-likeness (QED) is 0.791. The van der Waals surface area contributed by atoms with E-state index < -0.39 is 0 Å². The molecule has 2 rings (SSSR count). The molecule has 0 fully saturated rings. The molecule has 3 N–H and O–H groups in total. The van der Waals surface area contributed by atoms with Crippen molar-refractivity contribution in [3.05, 3.63) is 23.8 Å². The molecule has 1 unspecified atom stereocenters. The maximum absolute atomic E-state index is 5.53. The molecule has 1 atom stereocenters. The number of rotatable bonds is 5. The molecular formula is C12H18N2O2. The molecular weight excluding hydrogens is 204 g/mol. The summed E-state index contributed by atoms with van der Waals surface area (Å²) in [5.74, 6) is 1.67. The van der Waals surface area contributed by atoms with Gasteiger partial charge in [-0.1, -0.05) is 6.07 Å². The van der Waals surface area contributed by atoms with Crippen LogP contribution in [0.2, 0.25) is 0 Å². The maximum Gasteiger partial charge on any atom is 0.231 e. The lowest BCUT2D eigenvalue weighted by Gasteiger charge is -2.16. The van der Waals surface area contributed by atoms with Crippen LogP contribution in [-0.2, 0) is 0 Å². The van der Waals surface area contributed by atoms with Gasteiger partial charge in [-0.15, -0.1) is 0 Å². The Bertz CT molecular complexity index is 355. The summed E-state index contributed by atoms with van der Waals surface area (Å²) < 4.78 is 10.6. The van der Waals surface area contributed by atoms with E-state index in [0.717, 1.165) is 30.9 Å². The minimum Gasteiger partial charge on any atom is -0.454 e. The van der Waals surface area contributed by atoms with E-state index in [0.29, 0.717) is 12.8 Å². The fourth-order valence-electron chi connectivity index (χ4n) is 1.93. The minimum absolute atomic E-state index is 0.325. The van der Waals surface area contributed by atoms with Crippen LogP contribution in [0.1, 0.15) is 24.4 Å². The normalized spacial score (nSPS) is 15.1. The number of ether oxygens (including phenoxy) is 2. The Hall–Kier alpha value is -1.26. The molecule has 1 heterocycles. The van der Waals surface area contributed by atoms with Crippen molar-refractivity contribution in [1.29, 1.82) is 0 Å². The van der Waals surface area contributed by atoms with Gasteiger partial charge in [0.05, 0.1) is 0 Å². The van der Waals surface area contributed by atoms with E-state index in [1.807, 2.05) is 19.2 Å². The summed E-state index contributed by atoms with van der Waals surface area (Å²) in [6.07, 6.45) is 2.05. The second-order valence-corrected chi connectivity index (χ2v) is 3.88. The molecule has 0 amide bonds. The van der Waals surface area contributed by atoms with Crippen molar-refractivity contribution in [3.63, 3.8) is 0 Å². The second kappa shape index (κ2) is 5.18. The summed E-state index contributed by atoms with van der Waals surface area (Å²) >= 11 is 0. The summed E-state index contributed by atoms with van der Waals surface area (Å²) in [7, 11) is 1.96. The van der Waals surface area contributed by atoms with Gasteiger partial charge in [0.2, 0.25) is 6.79 Å². The van der Waals surface area contributed by atoms with E-state index in [-0.39, 0.29) is 0 Å². The molecule has 1 aromatic rings. The Morgan fingerprint density at radius 1 is 1.38 bits per heavy atom. The van der Waals surface area contributed by atoms with Crippen LogP contribution in [-0.4, -0.2) is 20.4 Å². The predicted octanol–water partition coefficient (Wildman–Crippen LogP) is 1.41. The lowest BCUT2D eigenvalue weighted by molar-refractivity contribution is 0.174. The number of hydrogen-bond acceptors (Lipinski definition) is 4. The summed E-state index contributed by atoms with van der Waals surface area (Å²) in [5.41, 5.74) is 6.75. The third kappa shape index (κ3) is 2.28. The lowest BCUT2D eigenvalue weighted by atomic mass is 10.0. The first-order valence-electron chi connectivity index (χ1n) is 5.62. The third-order valence-electron chi connectivity index (χ3n) is 2.84. The van der Waals surface area contributed by atoms with Gasteiger partial charge in [-0.25, -0.2) is 0 Å². The van der Waals surface area contributed by atoms with Gasteiger partial charge in [0.1, 0.15) is 0 Å². The topological polar surface area (TPSA) is 56.5 Å². The van der Waals surface area contributed by atoms with E-state index in [4.69, 9.17) is 15.2 Å². The fraction of sp³-hybridized carbons (Fsp3) is 0.500. The first kappa shape index (κ1) is 11.2. The van der Waals surface area contributed by atoms with Crippen molar-refractivity contribution < 1.29 is 9.47 Å². The van der Waals surface area contributed by atoms with Crippen molar-refractivity contribution in [2.24, 2.45) is 5.73 Å². The number of benzene rings is 1. The first-order valence-corrected chi connectivity index (χ1v) is 5.62. The highest BCUT2D eigenvalue weighted by atomic mass is 16.7. The number of nitrogens with one attached hydrogen (secondary N) is 1. The highest BCUT2D eigenvalue weighted by molar-refractivity contribution is 5.45. The molecule has 4 heteroatoms. The monoisotopic (exact) mass is 222 g/mol. The van der Waals surface area contributed by atoms with Crippen LogP contribution >= 0.6 is 0 Å². The van der Waals surface area contributed by atoms with Crippen molar-refractivity contribution in [2.45, 2.75) is 18.9 Å². The van der Waals surface area contributed by atoms with Gasteiger partial charge in [0.25, 0.3) is 0 Å². The Morgan fingerprint density at radius 2 is 2.19 bits per heavy atom. The smallest absolute Gasteiger partial charge is 0.231 e. The number of hydrogen-bond donors (Lipinski definition) is 2. The Morgan fingerprint density at radius 3 is 2.94 bits per heavy atom. The van der Waals surface area contributed by atoms with Gasteiger partial charge in [-0.2, -0.15) is 0 Å². The van der Waals surface area contributed by atoms with E-state index in [1.165, 1.54) is 5.56 Å². The standard InChI is InChI=1S/C12H18N2O2/c1-14-10(3-2-6-13)9-4-5-11-12(7-9)16-8-15-11/h4-5,7,10,14H,2-3,6,8,13H2,1H3. The molecule has 16 heavy (non-hydrogen) atoms. The van der Waals surface area contributed by atoms with Crippen molar-refractivity contribution >= 4 is 0 Å². The van der Waals surface area contributed by atoms with Gasteiger partial charge in [0.15, 0.2) is 11.5 Å². The molecule has 0 bridgehead atoms. The largest absolute Gasteiger partial charge is 0.454 e. The molecule has 0 saturated carbocycles. The molecule has 0 aliphatic carbocycles. The van der Waals surface area contributed by atoms with Gasteiger partial charge in [-0.3, -0.25) is 0 Å². The molecule has 0 radical (unpaired) electrons. The Kier molecular flexibility index (Phi) is 3.64. The average molecular weight is 222 g/mol. The highest BCUT2D eigenvalue weighted by Gasteiger charge is 2.16. The second-order valence-electron chi connectivity index (χ2n) is 3.88. The van der Waals surface area contributed by atoms with Crippen LogP contribution < -0.4 is 20.5 Å². The molecule has 88 valence electrons. The molecule has 1 aliphatic heterocycles. The van der Waals surface area contributed by atoms with Gasteiger partial charge in [0, 0.05) is 6.04 Å². The van der Waals surface area contributed by atoms with Gasteiger partial charge >= 0.3 is 0 Å². The zero-order valence-corrected chi connectivity index (χ0v) is 9.53.